The van der Waals surface area contributed by atoms with E-state index in [-0.39, 0.29) is 16.9 Å². The number of benzene rings is 1. The van der Waals surface area contributed by atoms with E-state index in [1.54, 1.807) is 6.07 Å². The van der Waals surface area contributed by atoms with Gasteiger partial charge in [0.1, 0.15) is 10.4 Å². The maximum absolute atomic E-state index is 13.8. The van der Waals surface area contributed by atoms with Gasteiger partial charge in [0.25, 0.3) is 5.91 Å². The van der Waals surface area contributed by atoms with Crippen LogP contribution in [0.2, 0.25) is 0 Å². The minimum atomic E-state index is -0.331. The van der Waals surface area contributed by atoms with Gasteiger partial charge >= 0.3 is 0 Å². The van der Waals surface area contributed by atoms with Crippen molar-refractivity contribution in [2.45, 2.75) is 19.3 Å². The molecule has 9 nitrogen and oxygen atoms in total. The Morgan fingerprint density at radius 2 is 1.86 bits per heavy atom. The van der Waals surface area contributed by atoms with Crippen LogP contribution in [0.15, 0.2) is 35.1 Å². The van der Waals surface area contributed by atoms with Crippen molar-refractivity contribution >= 4 is 49.1 Å². The fraction of sp³-hybridized carbons (Fsp3) is 0.440. The van der Waals surface area contributed by atoms with E-state index in [1.807, 2.05) is 28.7 Å². The molecular weight excluding hydrogens is 464 g/mol. The first-order chi connectivity index (χ1) is 17.2. The molecule has 0 aliphatic carbocycles. The lowest BCUT2D eigenvalue weighted by molar-refractivity contribution is 0.0947. The number of morpholine rings is 1. The molecule has 5 heterocycles. The second-order valence-electron chi connectivity index (χ2n) is 9.11. The van der Waals surface area contributed by atoms with Crippen LogP contribution in [0, 0.1) is 0 Å². The molecule has 3 aromatic heterocycles. The zero-order valence-electron chi connectivity index (χ0n) is 19.5. The maximum atomic E-state index is 13.8. The van der Waals surface area contributed by atoms with Crippen molar-refractivity contribution in [3.8, 4) is 0 Å². The van der Waals surface area contributed by atoms with E-state index in [0.29, 0.717) is 54.5 Å². The molecule has 2 aliphatic heterocycles. The van der Waals surface area contributed by atoms with Crippen LogP contribution in [0.25, 0.3) is 26.1 Å². The Morgan fingerprint density at radius 3 is 2.69 bits per heavy atom. The van der Waals surface area contributed by atoms with Gasteiger partial charge in [0.15, 0.2) is 11.5 Å². The summed E-state index contributed by atoms with van der Waals surface area (Å²) in [6.07, 6.45) is 3.68. The van der Waals surface area contributed by atoms with Crippen LogP contribution >= 0.6 is 11.3 Å². The SMILES string of the molecule is O=C(NCCN1CCCCC1)c1c(=O)c2cc(N3CCOCC3)nnc2n2c1sc1ccccc12. The Labute approximate surface area is 206 Å². The maximum Gasteiger partial charge on any atom is 0.258 e. The van der Waals surface area contributed by atoms with Crippen LogP contribution < -0.4 is 15.6 Å². The van der Waals surface area contributed by atoms with Crippen molar-refractivity contribution in [1.82, 2.24) is 24.8 Å². The van der Waals surface area contributed by atoms with Gasteiger partial charge in [-0.15, -0.1) is 21.5 Å². The van der Waals surface area contributed by atoms with E-state index in [2.05, 4.69) is 25.3 Å². The van der Waals surface area contributed by atoms with Crippen LogP contribution in [0.5, 0.6) is 0 Å². The molecule has 35 heavy (non-hydrogen) atoms. The van der Waals surface area contributed by atoms with Crippen LogP contribution in [-0.2, 0) is 4.74 Å². The molecule has 2 aliphatic rings. The molecular formula is C25H28N6O3S. The number of para-hydroxylation sites is 1. The van der Waals surface area contributed by atoms with Crippen molar-refractivity contribution < 1.29 is 9.53 Å². The van der Waals surface area contributed by atoms with Crippen LogP contribution in [0.3, 0.4) is 0 Å². The largest absolute Gasteiger partial charge is 0.378 e. The number of piperidine rings is 1. The second-order valence-corrected chi connectivity index (χ2v) is 10.1. The topological polar surface area (TPSA) is 92.1 Å². The summed E-state index contributed by atoms with van der Waals surface area (Å²) in [5.74, 6) is 0.302. The summed E-state index contributed by atoms with van der Waals surface area (Å²) < 4.78 is 8.34. The lowest BCUT2D eigenvalue weighted by atomic mass is 10.1. The van der Waals surface area contributed by atoms with Crippen LogP contribution in [-0.4, -0.2) is 77.9 Å². The monoisotopic (exact) mass is 492 g/mol. The van der Waals surface area contributed by atoms with Gasteiger partial charge in [0.05, 0.1) is 28.8 Å². The number of amides is 1. The highest BCUT2D eigenvalue weighted by Crippen LogP contribution is 2.31. The highest BCUT2D eigenvalue weighted by atomic mass is 32.1. The number of nitrogens with one attached hydrogen (secondary N) is 1. The van der Waals surface area contributed by atoms with Crippen molar-refractivity contribution in [1.29, 1.82) is 0 Å². The summed E-state index contributed by atoms with van der Waals surface area (Å²) in [5.41, 5.74) is 1.27. The molecule has 0 bridgehead atoms. The van der Waals surface area contributed by atoms with Gasteiger partial charge in [-0.1, -0.05) is 18.6 Å². The van der Waals surface area contributed by atoms with Gasteiger partial charge in [0.2, 0.25) is 5.43 Å². The molecule has 2 saturated heterocycles. The first kappa shape index (κ1) is 22.4. The quantitative estimate of drug-likeness (QED) is 0.458. The number of hydrogen-bond donors (Lipinski definition) is 1. The lowest BCUT2D eigenvalue weighted by Gasteiger charge is -2.27. The van der Waals surface area contributed by atoms with E-state index in [9.17, 15) is 9.59 Å². The molecule has 0 radical (unpaired) electrons. The summed E-state index contributed by atoms with van der Waals surface area (Å²) >= 11 is 1.44. The molecule has 1 amide bonds. The van der Waals surface area contributed by atoms with E-state index in [0.717, 1.165) is 29.9 Å². The third-order valence-corrected chi connectivity index (χ3v) is 8.04. The molecule has 1 N–H and O–H groups in total. The van der Waals surface area contributed by atoms with E-state index in [1.165, 1.54) is 30.6 Å². The van der Waals surface area contributed by atoms with Gasteiger partial charge in [-0.05, 0) is 44.1 Å². The van der Waals surface area contributed by atoms with E-state index < -0.39 is 0 Å². The number of pyridine rings is 1. The van der Waals surface area contributed by atoms with Gasteiger partial charge < -0.3 is 19.9 Å². The van der Waals surface area contributed by atoms with Crippen molar-refractivity contribution in [2.75, 3.05) is 57.4 Å². The Hall–Kier alpha value is -3.08. The number of fused-ring (bicyclic) bond motifs is 5. The standard InChI is InChI=1S/C25H28N6O3S/c32-22-17-16-20(30-12-14-34-15-13-30)27-28-23(17)31-18-6-2-3-7-19(18)35-25(31)21(22)24(33)26-8-11-29-9-4-1-5-10-29/h2-3,6-7,16H,1,4-5,8-15H2,(H,26,33). The number of anilines is 1. The number of hydrogen-bond acceptors (Lipinski definition) is 8. The zero-order valence-corrected chi connectivity index (χ0v) is 20.4. The Kier molecular flexibility index (Phi) is 6.09. The Morgan fingerprint density at radius 1 is 1.06 bits per heavy atom. The molecule has 1 aromatic carbocycles. The fourth-order valence-corrected chi connectivity index (χ4v) is 6.23. The van der Waals surface area contributed by atoms with Crippen LogP contribution in [0.1, 0.15) is 29.6 Å². The van der Waals surface area contributed by atoms with Gasteiger partial charge in [0, 0.05) is 26.2 Å². The Bertz CT molecular complexity index is 1450. The lowest BCUT2D eigenvalue weighted by Crippen LogP contribution is -2.39. The van der Waals surface area contributed by atoms with Crippen molar-refractivity contribution in [3.63, 3.8) is 0 Å². The highest BCUT2D eigenvalue weighted by Gasteiger charge is 2.24. The summed E-state index contributed by atoms with van der Waals surface area (Å²) in [6.45, 7) is 6.04. The number of ether oxygens (including phenoxy) is 1. The second kappa shape index (κ2) is 9.52. The number of rotatable bonds is 5. The average molecular weight is 493 g/mol. The van der Waals surface area contributed by atoms with Crippen molar-refractivity contribution in [2.24, 2.45) is 0 Å². The molecule has 0 saturated carbocycles. The molecule has 182 valence electrons. The van der Waals surface area contributed by atoms with Crippen LogP contribution in [0.4, 0.5) is 5.82 Å². The number of nitrogens with zero attached hydrogens (tertiary/aromatic N) is 5. The summed E-state index contributed by atoms with van der Waals surface area (Å²) in [7, 11) is 0. The minimum Gasteiger partial charge on any atom is -0.378 e. The average Bonchev–Trinajstić information content (AvgIpc) is 3.29. The molecule has 0 unspecified atom stereocenters. The number of thiazole rings is 1. The molecule has 4 aromatic rings. The zero-order chi connectivity index (χ0) is 23.8. The van der Waals surface area contributed by atoms with Gasteiger partial charge in [-0.3, -0.25) is 14.0 Å². The molecule has 10 heteroatoms. The predicted molar refractivity (Wildman–Crippen MR) is 138 cm³/mol. The normalized spacial score (nSPS) is 17.4. The third kappa shape index (κ3) is 4.15. The van der Waals surface area contributed by atoms with E-state index >= 15 is 0 Å². The number of carbonyl (C=O) groups is 1. The number of carbonyl (C=O) groups excluding carboxylic acids is 1. The fourth-order valence-electron chi connectivity index (χ4n) is 5.05. The van der Waals surface area contributed by atoms with Crippen molar-refractivity contribution in [3.05, 3.63) is 46.1 Å². The van der Waals surface area contributed by atoms with Gasteiger partial charge in [-0.2, -0.15) is 0 Å². The first-order valence-corrected chi connectivity index (χ1v) is 13.1. The summed E-state index contributed by atoms with van der Waals surface area (Å²) in [5, 5.41) is 12.4. The van der Waals surface area contributed by atoms with E-state index in [4.69, 9.17) is 4.74 Å². The molecule has 2 fully saturated rings. The Balaban J connectivity index is 1.44. The highest BCUT2D eigenvalue weighted by molar-refractivity contribution is 7.24. The number of aromatic nitrogens is 3. The molecule has 0 spiro atoms. The molecule has 6 rings (SSSR count). The summed E-state index contributed by atoms with van der Waals surface area (Å²) in [6, 6.07) is 9.67. The number of likely N-dealkylation sites (tertiary alicyclic amines) is 1. The summed E-state index contributed by atoms with van der Waals surface area (Å²) in [4.78, 5) is 32.2. The first-order valence-electron chi connectivity index (χ1n) is 12.3. The minimum absolute atomic E-state index is 0.179. The third-order valence-electron chi connectivity index (χ3n) is 6.90. The van der Waals surface area contributed by atoms with Gasteiger partial charge in [-0.25, -0.2) is 0 Å². The smallest absolute Gasteiger partial charge is 0.258 e. The molecule has 0 atom stereocenters. The predicted octanol–water partition coefficient (Wildman–Crippen LogP) is 2.51.